The molecule has 0 aromatic rings. The highest BCUT2D eigenvalue weighted by molar-refractivity contribution is 5.68. The van der Waals surface area contributed by atoms with Crippen LogP contribution in [0.4, 0.5) is 0 Å². The number of aliphatic hydroxyl groups excluding tert-OH is 5. The summed E-state index contributed by atoms with van der Waals surface area (Å²) in [5.41, 5.74) is 0. The average Bonchev–Trinajstić information content (AvgIpc) is 2.76. The summed E-state index contributed by atoms with van der Waals surface area (Å²) < 4.78 is 32.4. The van der Waals surface area contributed by atoms with E-state index in [4.69, 9.17) is 23.7 Å². The van der Waals surface area contributed by atoms with Crippen LogP contribution >= 0.6 is 0 Å². The Bertz CT molecular complexity index is 577. The Morgan fingerprint density at radius 2 is 1.62 bits per heavy atom. The number of aliphatic hydroxyl groups is 5. The van der Waals surface area contributed by atoms with Crippen molar-refractivity contribution >= 4 is 5.97 Å². The molecule has 2 aliphatic rings. The third kappa shape index (κ3) is 6.79. The van der Waals surface area contributed by atoms with Crippen LogP contribution in [-0.2, 0) is 33.2 Å². The van der Waals surface area contributed by atoms with Gasteiger partial charge in [0, 0.05) is 13.5 Å². The molecule has 0 spiro atoms. The van der Waals surface area contributed by atoms with Crippen molar-refractivity contribution in [2.75, 3.05) is 20.8 Å². The van der Waals surface area contributed by atoms with Crippen molar-refractivity contribution in [2.45, 2.75) is 101 Å². The van der Waals surface area contributed by atoms with Crippen LogP contribution in [0, 0.1) is 0 Å². The number of esters is 1. The molecule has 0 amide bonds. The Labute approximate surface area is 186 Å². The second kappa shape index (κ2) is 12.5. The van der Waals surface area contributed by atoms with Gasteiger partial charge in [0.15, 0.2) is 12.6 Å². The van der Waals surface area contributed by atoms with Gasteiger partial charge in [0.2, 0.25) is 0 Å². The molecule has 0 saturated carbocycles. The fraction of sp³-hybridized carbons (Fsp3) is 0.950. The van der Waals surface area contributed by atoms with E-state index in [0.717, 1.165) is 0 Å². The molecule has 11 unspecified atom stereocenters. The molecule has 2 heterocycles. The summed E-state index contributed by atoms with van der Waals surface area (Å²) in [6, 6.07) is 0. The van der Waals surface area contributed by atoms with Gasteiger partial charge < -0.3 is 54.0 Å². The minimum absolute atomic E-state index is 0.0218. The summed E-state index contributed by atoms with van der Waals surface area (Å²) in [4.78, 5) is 11.3. The fourth-order valence-corrected chi connectivity index (χ4v) is 3.68. The van der Waals surface area contributed by atoms with Crippen LogP contribution in [-0.4, -0.2) is 120 Å². The van der Waals surface area contributed by atoms with Crippen LogP contribution in [0.3, 0.4) is 0 Å². The number of hydrogen-bond donors (Lipinski definition) is 5. The van der Waals surface area contributed by atoms with Crippen molar-refractivity contribution in [3.05, 3.63) is 0 Å². The van der Waals surface area contributed by atoms with Gasteiger partial charge in [0.05, 0.1) is 25.9 Å². The predicted molar refractivity (Wildman–Crippen MR) is 106 cm³/mol. The van der Waals surface area contributed by atoms with Crippen LogP contribution in [0.25, 0.3) is 0 Å². The summed E-state index contributed by atoms with van der Waals surface area (Å²) in [6.45, 7) is 3.21. The Kier molecular flexibility index (Phi) is 10.7. The zero-order valence-corrected chi connectivity index (χ0v) is 18.8. The topological polar surface area (TPSA) is 174 Å². The second-order valence-corrected chi connectivity index (χ2v) is 8.18. The van der Waals surface area contributed by atoms with Gasteiger partial charge in [-0.2, -0.15) is 0 Å². The van der Waals surface area contributed by atoms with E-state index in [1.807, 2.05) is 0 Å². The van der Waals surface area contributed by atoms with E-state index in [-0.39, 0.29) is 19.0 Å². The van der Waals surface area contributed by atoms with Gasteiger partial charge in [-0.05, 0) is 26.7 Å². The van der Waals surface area contributed by atoms with Crippen molar-refractivity contribution in [3.63, 3.8) is 0 Å². The molecule has 12 heteroatoms. The van der Waals surface area contributed by atoms with Crippen molar-refractivity contribution in [2.24, 2.45) is 0 Å². The Balaban J connectivity index is 2.10. The van der Waals surface area contributed by atoms with Crippen molar-refractivity contribution in [1.82, 2.24) is 0 Å². The van der Waals surface area contributed by atoms with Gasteiger partial charge in [-0.25, -0.2) is 0 Å². The van der Waals surface area contributed by atoms with E-state index in [1.54, 1.807) is 6.92 Å². The normalized spacial score (nSPS) is 41.3. The number of hydrogen-bond acceptors (Lipinski definition) is 12. The average molecular weight is 468 g/mol. The van der Waals surface area contributed by atoms with E-state index in [1.165, 1.54) is 21.1 Å². The molecule has 2 rings (SSSR count). The van der Waals surface area contributed by atoms with E-state index >= 15 is 0 Å². The lowest BCUT2D eigenvalue weighted by molar-refractivity contribution is -0.369. The van der Waals surface area contributed by atoms with Crippen LogP contribution in [0.5, 0.6) is 0 Å². The molecule has 32 heavy (non-hydrogen) atoms. The third-order valence-electron chi connectivity index (χ3n) is 5.66. The molecule has 0 aromatic carbocycles. The maximum Gasteiger partial charge on any atom is 0.305 e. The minimum Gasteiger partial charge on any atom is -0.469 e. The zero-order chi connectivity index (χ0) is 24.0. The monoisotopic (exact) mass is 468 g/mol. The highest BCUT2D eigenvalue weighted by Gasteiger charge is 2.50. The summed E-state index contributed by atoms with van der Waals surface area (Å²) in [5, 5.41) is 51.3. The first-order chi connectivity index (χ1) is 15.1. The molecule has 2 aliphatic heterocycles. The van der Waals surface area contributed by atoms with Gasteiger partial charge in [0.25, 0.3) is 0 Å². The van der Waals surface area contributed by atoms with Gasteiger partial charge in [-0.3, -0.25) is 4.79 Å². The molecule has 2 saturated heterocycles. The molecule has 5 N–H and O–H groups in total. The molecule has 0 bridgehead atoms. The van der Waals surface area contributed by atoms with Crippen molar-refractivity contribution < 1.29 is 58.7 Å². The van der Waals surface area contributed by atoms with Crippen LogP contribution in [0.2, 0.25) is 0 Å². The highest BCUT2D eigenvalue weighted by atomic mass is 16.8. The number of carbonyl (C=O) groups excluding carboxylic acids is 1. The standard InChI is InChI=1S/C20H36O12/c1-9(6-5-7-12(21)28-4)29-20-18(16(25)14(23)11(31-20)8-27-3)32-19-17(26)15(24)13(22)10(2)30-19/h9-11,13-20,22-26H,5-8H2,1-4H3. The zero-order valence-electron chi connectivity index (χ0n) is 18.8. The molecular formula is C20H36O12. The summed E-state index contributed by atoms with van der Waals surface area (Å²) >= 11 is 0. The largest absolute Gasteiger partial charge is 0.469 e. The van der Waals surface area contributed by atoms with Gasteiger partial charge in [-0.1, -0.05) is 0 Å². The molecule has 0 radical (unpaired) electrons. The highest BCUT2D eigenvalue weighted by Crippen LogP contribution is 2.30. The maximum absolute atomic E-state index is 11.3. The molecule has 0 aromatic heterocycles. The van der Waals surface area contributed by atoms with Gasteiger partial charge >= 0.3 is 5.97 Å². The van der Waals surface area contributed by atoms with E-state index in [0.29, 0.717) is 12.8 Å². The maximum atomic E-state index is 11.3. The lowest BCUT2D eigenvalue weighted by Crippen LogP contribution is -2.64. The molecular weight excluding hydrogens is 432 g/mol. The first-order valence-electron chi connectivity index (χ1n) is 10.7. The Hall–Kier alpha value is -0.930. The first-order valence-corrected chi connectivity index (χ1v) is 10.7. The smallest absolute Gasteiger partial charge is 0.305 e. The molecule has 2 fully saturated rings. The van der Waals surface area contributed by atoms with Crippen LogP contribution < -0.4 is 0 Å². The van der Waals surface area contributed by atoms with Crippen molar-refractivity contribution in [1.29, 1.82) is 0 Å². The van der Waals surface area contributed by atoms with E-state index in [2.05, 4.69) is 4.74 Å². The fourth-order valence-electron chi connectivity index (χ4n) is 3.68. The lowest BCUT2D eigenvalue weighted by atomic mass is 9.97. The molecule has 0 aliphatic carbocycles. The number of carbonyl (C=O) groups is 1. The number of methoxy groups -OCH3 is 2. The van der Waals surface area contributed by atoms with E-state index < -0.39 is 67.5 Å². The van der Waals surface area contributed by atoms with E-state index in [9.17, 15) is 30.3 Å². The minimum atomic E-state index is -1.61. The SMILES string of the molecule is COCC1OC(OC(C)CCCC(=O)OC)C(OC2OC(C)C(O)C(O)C2O)C(O)C1O. The molecule has 11 atom stereocenters. The Morgan fingerprint density at radius 1 is 0.938 bits per heavy atom. The van der Waals surface area contributed by atoms with Crippen LogP contribution in [0.15, 0.2) is 0 Å². The quantitative estimate of drug-likeness (QED) is 0.224. The second-order valence-electron chi connectivity index (χ2n) is 8.18. The number of ether oxygens (including phenoxy) is 6. The molecule has 12 nitrogen and oxygen atoms in total. The predicted octanol–water partition coefficient (Wildman–Crippen LogP) is -1.96. The summed E-state index contributed by atoms with van der Waals surface area (Å²) in [7, 11) is 2.72. The summed E-state index contributed by atoms with van der Waals surface area (Å²) in [6.07, 6.45) is -12.3. The van der Waals surface area contributed by atoms with Gasteiger partial charge in [-0.15, -0.1) is 0 Å². The third-order valence-corrected chi connectivity index (χ3v) is 5.66. The summed E-state index contributed by atoms with van der Waals surface area (Å²) in [5.74, 6) is -0.343. The molecule has 188 valence electrons. The van der Waals surface area contributed by atoms with Crippen molar-refractivity contribution in [3.8, 4) is 0 Å². The number of rotatable bonds is 10. The van der Waals surface area contributed by atoms with Crippen LogP contribution in [0.1, 0.15) is 33.1 Å². The first kappa shape index (κ1) is 27.3. The Morgan fingerprint density at radius 3 is 2.25 bits per heavy atom. The van der Waals surface area contributed by atoms with Gasteiger partial charge in [0.1, 0.15) is 42.7 Å². The lowest BCUT2D eigenvalue weighted by Gasteiger charge is -2.46.